The summed E-state index contributed by atoms with van der Waals surface area (Å²) in [5, 5.41) is 0. The lowest BCUT2D eigenvalue weighted by Gasteiger charge is -2.29. The molecule has 0 radical (unpaired) electrons. The van der Waals surface area contributed by atoms with Gasteiger partial charge in [-0.15, -0.1) is 17.0 Å². The second-order valence-electron chi connectivity index (χ2n) is 6.49. The van der Waals surface area contributed by atoms with Gasteiger partial charge in [-0.3, -0.25) is 9.79 Å². The first-order chi connectivity index (χ1) is 12.1. The first-order valence-electron chi connectivity index (χ1n) is 8.72. The molecule has 0 unspecified atom stereocenters. The molecule has 0 bridgehead atoms. The lowest BCUT2D eigenvalue weighted by molar-refractivity contribution is 0.100. The highest BCUT2D eigenvalue weighted by Gasteiger charge is 2.21. The molecule has 3 nitrogen and oxygen atoms in total. The molecule has 0 aliphatic carbocycles. The van der Waals surface area contributed by atoms with Gasteiger partial charge < -0.3 is 4.90 Å². The summed E-state index contributed by atoms with van der Waals surface area (Å²) in [7, 11) is 0. The van der Waals surface area contributed by atoms with Gasteiger partial charge in [-0.2, -0.15) is 0 Å². The molecule has 2 aromatic carbocycles. The molecule has 5 heteroatoms. The third-order valence-electron chi connectivity index (χ3n) is 4.75. The van der Waals surface area contributed by atoms with Crippen molar-refractivity contribution in [2.45, 2.75) is 33.1 Å². The van der Waals surface area contributed by atoms with Crippen molar-refractivity contribution in [1.82, 2.24) is 0 Å². The first-order valence-corrected chi connectivity index (χ1v) is 8.72. The van der Waals surface area contributed by atoms with Gasteiger partial charge in [0.15, 0.2) is 5.78 Å². The average molecular weight is 419 g/mol. The van der Waals surface area contributed by atoms with E-state index in [1.54, 1.807) is 12.1 Å². The lowest BCUT2D eigenvalue weighted by Crippen LogP contribution is -2.37. The maximum atomic E-state index is 13.1. The molecular weight excluding hydrogens is 395 g/mol. The summed E-state index contributed by atoms with van der Waals surface area (Å²) < 4.78 is 13.1. The van der Waals surface area contributed by atoms with Gasteiger partial charge in [0.05, 0.1) is 6.54 Å². The van der Waals surface area contributed by atoms with E-state index in [-0.39, 0.29) is 35.1 Å². The minimum atomic E-state index is -0.334. The topological polar surface area (TPSA) is 32.7 Å². The van der Waals surface area contributed by atoms with Crippen LogP contribution in [0.1, 0.15) is 40.7 Å². The number of benzene rings is 2. The highest BCUT2D eigenvalue weighted by molar-refractivity contribution is 8.93. The Labute approximate surface area is 164 Å². The van der Waals surface area contributed by atoms with E-state index in [1.165, 1.54) is 17.7 Å². The van der Waals surface area contributed by atoms with Crippen molar-refractivity contribution in [1.29, 1.82) is 0 Å². The fourth-order valence-corrected chi connectivity index (χ4v) is 3.12. The summed E-state index contributed by atoms with van der Waals surface area (Å²) in [5.41, 5.74) is 3.89. The van der Waals surface area contributed by atoms with Gasteiger partial charge >= 0.3 is 0 Å². The maximum absolute atomic E-state index is 13.1. The molecule has 1 aliphatic rings. The Morgan fingerprint density at radius 1 is 1.12 bits per heavy atom. The molecule has 0 saturated heterocycles. The van der Waals surface area contributed by atoms with Crippen molar-refractivity contribution in [3.05, 3.63) is 65.0 Å². The predicted octanol–water partition coefficient (Wildman–Crippen LogP) is 5.29. The lowest BCUT2D eigenvalue weighted by atomic mass is 10.0. The first kappa shape index (κ1) is 20.3. The molecule has 0 atom stereocenters. The summed E-state index contributed by atoms with van der Waals surface area (Å²) in [6.07, 6.45) is 3.06. The number of ketones is 1. The summed E-state index contributed by atoms with van der Waals surface area (Å²) in [4.78, 5) is 19.5. The van der Waals surface area contributed by atoms with Gasteiger partial charge in [0.25, 0.3) is 0 Å². The molecule has 1 heterocycles. The number of hydrogen-bond donors (Lipinski definition) is 0. The zero-order valence-electron chi connectivity index (χ0n) is 15.2. The van der Waals surface area contributed by atoms with Crippen LogP contribution in [0.25, 0.3) is 0 Å². The van der Waals surface area contributed by atoms with E-state index in [9.17, 15) is 9.18 Å². The molecule has 3 rings (SSSR count). The zero-order valence-corrected chi connectivity index (χ0v) is 16.9. The van der Waals surface area contributed by atoms with Crippen molar-refractivity contribution < 1.29 is 9.18 Å². The maximum Gasteiger partial charge on any atom is 0.182 e. The number of Topliss-reactive ketones (excluding diaryl/α,β-unsaturated/α-hetero) is 1. The number of carbonyl (C=O) groups excluding carboxylic acids is 1. The molecule has 1 aliphatic heterocycles. The number of hydrogen-bond acceptors (Lipinski definition) is 3. The molecule has 0 spiro atoms. The third kappa shape index (κ3) is 4.58. The minimum absolute atomic E-state index is 0. The van der Waals surface area contributed by atoms with Crippen LogP contribution in [0, 0.1) is 19.7 Å². The van der Waals surface area contributed by atoms with Crippen molar-refractivity contribution >= 4 is 34.3 Å². The normalized spacial score (nSPS) is 13.6. The number of anilines is 1. The molecule has 0 aromatic heterocycles. The van der Waals surface area contributed by atoms with Crippen molar-refractivity contribution in [2.75, 3.05) is 18.0 Å². The van der Waals surface area contributed by atoms with Gasteiger partial charge in [-0.25, -0.2) is 4.39 Å². The predicted molar refractivity (Wildman–Crippen MR) is 110 cm³/mol. The molecule has 0 N–H and O–H groups in total. The largest absolute Gasteiger partial charge is 0.322 e. The van der Waals surface area contributed by atoms with Crippen LogP contribution in [0.5, 0.6) is 0 Å². The van der Waals surface area contributed by atoms with Crippen molar-refractivity contribution in [2.24, 2.45) is 4.99 Å². The molecule has 2 aromatic rings. The number of carbonyl (C=O) groups is 1. The molecule has 26 heavy (non-hydrogen) atoms. The number of halogens is 2. The molecule has 0 saturated carbocycles. The highest BCUT2D eigenvalue weighted by atomic mass is 79.9. The molecule has 0 amide bonds. The number of nitrogens with zero attached hydrogens (tertiary/aromatic N) is 2. The van der Waals surface area contributed by atoms with Gasteiger partial charge in [-0.1, -0.05) is 12.1 Å². The summed E-state index contributed by atoms with van der Waals surface area (Å²) in [6.45, 7) is 5.17. The molecule has 138 valence electrons. The van der Waals surface area contributed by atoms with Gasteiger partial charge in [-0.05, 0) is 68.1 Å². The van der Waals surface area contributed by atoms with E-state index in [1.807, 2.05) is 17.0 Å². The fourth-order valence-electron chi connectivity index (χ4n) is 3.12. The van der Waals surface area contributed by atoms with Gasteiger partial charge in [0.2, 0.25) is 0 Å². The number of amidine groups is 1. The quantitative estimate of drug-likeness (QED) is 0.631. The van der Waals surface area contributed by atoms with Crippen molar-refractivity contribution in [3.8, 4) is 0 Å². The van der Waals surface area contributed by atoms with E-state index in [4.69, 9.17) is 0 Å². The van der Waals surface area contributed by atoms with Gasteiger partial charge in [0, 0.05) is 24.2 Å². The monoisotopic (exact) mass is 418 g/mol. The van der Waals surface area contributed by atoms with Crippen LogP contribution in [0.4, 0.5) is 10.1 Å². The minimum Gasteiger partial charge on any atom is -0.322 e. The second kappa shape index (κ2) is 9.08. The summed E-state index contributed by atoms with van der Waals surface area (Å²) in [6, 6.07) is 11.9. The van der Waals surface area contributed by atoms with E-state index in [0.717, 1.165) is 42.9 Å². The van der Waals surface area contributed by atoms with Crippen LogP contribution < -0.4 is 4.90 Å². The standard InChI is InChI=1S/C21H23FN2O.BrH/c1-15-6-5-7-19(16(15)2)24(21-8-3-4-13-23-21)14-20(25)17-9-11-18(22)12-10-17;/h5-7,9-12H,3-4,8,13-14H2,1-2H3;1H. The zero-order chi connectivity index (χ0) is 17.8. The Hall–Kier alpha value is -2.01. The van der Waals surface area contributed by atoms with Crippen LogP contribution in [-0.4, -0.2) is 24.7 Å². The Morgan fingerprint density at radius 2 is 1.85 bits per heavy atom. The Kier molecular flexibility index (Phi) is 7.09. The van der Waals surface area contributed by atoms with E-state index in [2.05, 4.69) is 24.9 Å². The van der Waals surface area contributed by atoms with E-state index >= 15 is 0 Å². The Morgan fingerprint density at radius 3 is 2.50 bits per heavy atom. The second-order valence-corrected chi connectivity index (χ2v) is 6.49. The summed E-state index contributed by atoms with van der Waals surface area (Å²) >= 11 is 0. The number of rotatable bonds is 4. The van der Waals surface area contributed by atoms with Crippen LogP contribution >= 0.6 is 17.0 Å². The smallest absolute Gasteiger partial charge is 0.182 e. The third-order valence-corrected chi connectivity index (χ3v) is 4.75. The molecular formula is C21H24BrFN2O. The molecule has 0 fully saturated rings. The van der Waals surface area contributed by atoms with Crippen LogP contribution in [0.3, 0.4) is 0 Å². The van der Waals surface area contributed by atoms with Crippen LogP contribution in [0.15, 0.2) is 47.5 Å². The number of aliphatic imine (C=N–C) groups is 1. The van der Waals surface area contributed by atoms with E-state index in [0.29, 0.717) is 5.56 Å². The average Bonchev–Trinajstić information content (AvgIpc) is 2.63. The van der Waals surface area contributed by atoms with Crippen LogP contribution in [0.2, 0.25) is 0 Å². The SMILES string of the molecule is Br.Cc1cccc(N(CC(=O)c2ccc(F)cc2)C2=NCCCC2)c1C. The van der Waals surface area contributed by atoms with Gasteiger partial charge in [0.1, 0.15) is 11.7 Å². The Balaban J connectivity index is 0.00000243. The fraction of sp³-hybridized carbons (Fsp3) is 0.333. The highest BCUT2D eigenvalue weighted by Crippen LogP contribution is 2.26. The van der Waals surface area contributed by atoms with Crippen LogP contribution in [-0.2, 0) is 0 Å². The Bertz CT molecular complexity index is 802. The van der Waals surface area contributed by atoms with E-state index < -0.39 is 0 Å². The van der Waals surface area contributed by atoms with Crippen molar-refractivity contribution in [3.63, 3.8) is 0 Å². The summed E-state index contributed by atoms with van der Waals surface area (Å²) in [5.74, 6) is 0.601. The number of aryl methyl sites for hydroxylation is 1.